The maximum atomic E-state index is 11.4. The zero-order valence-corrected chi connectivity index (χ0v) is 11.3. The van der Waals surface area contributed by atoms with E-state index in [1.807, 2.05) is 18.4 Å². The van der Waals surface area contributed by atoms with Gasteiger partial charge in [0.1, 0.15) is 0 Å². The summed E-state index contributed by atoms with van der Waals surface area (Å²) in [6.45, 7) is 6.17. The van der Waals surface area contributed by atoms with Crippen LogP contribution < -0.4 is 0 Å². The Morgan fingerprint density at radius 3 is 2.83 bits per heavy atom. The van der Waals surface area contributed by atoms with E-state index in [0.717, 1.165) is 27.0 Å². The number of hydrogen-bond donors (Lipinski definition) is 1. The van der Waals surface area contributed by atoms with Gasteiger partial charge in [-0.05, 0) is 30.0 Å². The average Bonchev–Trinajstić information content (AvgIpc) is 2.83. The Labute approximate surface area is 109 Å². The number of hydrogen-bond acceptors (Lipinski definition) is 3. The normalized spacial score (nSPS) is 16.7. The topological polar surface area (TPSA) is 49.7 Å². The summed E-state index contributed by atoms with van der Waals surface area (Å²) in [7, 11) is 0. The molecule has 0 unspecified atom stereocenters. The van der Waals surface area contributed by atoms with Crippen LogP contribution in [0.1, 0.15) is 36.7 Å². The molecule has 1 aromatic carbocycles. The Hall–Kier alpha value is -1.68. The summed E-state index contributed by atoms with van der Waals surface area (Å²) in [4.78, 5) is 16.0. The van der Waals surface area contributed by atoms with Gasteiger partial charge in [0, 0.05) is 16.5 Å². The number of carboxylic acid groups (broad SMARTS) is 1. The van der Waals surface area contributed by atoms with Crippen molar-refractivity contribution in [1.29, 1.82) is 0 Å². The highest BCUT2D eigenvalue weighted by atomic mass is 32.1. The lowest BCUT2D eigenvalue weighted by atomic mass is 9.81. The molecule has 0 aliphatic carbocycles. The van der Waals surface area contributed by atoms with Gasteiger partial charge in [0.15, 0.2) is 0 Å². The first-order chi connectivity index (χ1) is 8.43. The van der Waals surface area contributed by atoms with Crippen LogP contribution in [0.3, 0.4) is 0 Å². The molecule has 1 N–H and O–H groups in total. The lowest BCUT2D eigenvalue weighted by Gasteiger charge is -2.20. The van der Waals surface area contributed by atoms with Gasteiger partial charge in [0.05, 0.1) is 16.0 Å². The van der Waals surface area contributed by atoms with E-state index in [4.69, 9.17) is 0 Å². The fourth-order valence-electron chi connectivity index (χ4n) is 2.39. The molecular formula is C14H13NO2S. The van der Waals surface area contributed by atoms with E-state index in [1.165, 1.54) is 11.3 Å². The Morgan fingerprint density at radius 1 is 1.44 bits per heavy atom. The summed E-state index contributed by atoms with van der Waals surface area (Å²) in [6.07, 6.45) is 0. The molecule has 0 radical (unpaired) electrons. The molecule has 1 aliphatic rings. The molecule has 18 heavy (non-hydrogen) atoms. The second-order valence-corrected chi connectivity index (χ2v) is 6.03. The second kappa shape index (κ2) is 3.42. The van der Waals surface area contributed by atoms with Gasteiger partial charge in [0.25, 0.3) is 0 Å². The van der Waals surface area contributed by atoms with E-state index in [9.17, 15) is 9.90 Å². The molecule has 0 saturated carbocycles. The fourth-order valence-corrected chi connectivity index (χ4v) is 3.29. The largest absolute Gasteiger partial charge is 0.478 e. The number of carboxylic acids is 1. The summed E-state index contributed by atoms with van der Waals surface area (Å²) < 4.78 is 0.815. The van der Waals surface area contributed by atoms with Gasteiger partial charge in [-0.3, -0.25) is 4.99 Å². The molecule has 0 bridgehead atoms. The molecule has 4 heteroatoms. The summed E-state index contributed by atoms with van der Waals surface area (Å²) in [5.74, 6) is -0.870. The van der Waals surface area contributed by atoms with Crippen LogP contribution in [0.5, 0.6) is 0 Å². The molecule has 3 nitrogen and oxygen atoms in total. The van der Waals surface area contributed by atoms with E-state index < -0.39 is 5.97 Å². The molecule has 0 amide bonds. The molecular weight excluding hydrogens is 246 g/mol. The number of thiophene rings is 1. The fraction of sp³-hybridized carbons (Fsp3) is 0.286. The molecule has 3 rings (SSSR count). The molecule has 92 valence electrons. The van der Waals surface area contributed by atoms with Crippen LogP contribution >= 0.6 is 11.3 Å². The lowest BCUT2D eigenvalue weighted by Crippen LogP contribution is -2.23. The maximum Gasteiger partial charge on any atom is 0.337 e. The minimum atomic E-state index is -0.870. The average molecular weight is 259 g/mol. The molecule has 2 aromatic rings. The van der Waals surface area contributed by atoms with E-state index in [0.29, 0.717) is 5.56 Å². The van der Waals surface area contributed by atoms with Gasteiger partial charge < -0.3 is 5.11 Å². The first-order valence-corrected chi connectivity index (χ1v) is 6.64. The molecule has 1 aromatic heterocycles. The Bertz CT molecular complexity index is 710. The van der Waals surface area contributed by atoms with Crippen molar-refractivity contribution in [2.75, 3.05) is 0 Å². The molecule has 0 fully saturated rings. The smallest absolute Gasteiger partial charge is 0.337 e. The van der Waals surface area contributed by atoms with E-state index in [-0.39, 0.29) is 5.41 Å². The van der Waals surface area contributed by atoms with Crippen molar-refractivity contribution in [3.05, 3.63) is 28.6 Å². The number of nitrogens with zero attached hydrogens (tertiary/aromatic N) is 1. The van der Waals surface area contributed by atoms with Crippen LogP contribution in [0.2, 0.25) is 0 Å². The summed E-state index contributed by atoms with van der Waals surface area (Å²) in [5, 5.41) is 12.2. The third-order valence-electron chi connectivity index (χ3n) is 3.80. The quantitative estimate of drug-likeness (QED) is 0.842. The second-order valence-electron chi connectivity index (χ2n) is 5.11. The Balaban J connectivity index is 2.46. The Morgan fingerprint density at radius 2 is 2.17 bits per heavy atom. The molecule has 0 saturated heterocycles. The van der Waals surface area contributed by atoms with Gasteiger partial charge in [-0.1, -0.05) is 13.8 Å². The van der Waals surface area contributed by atoms with E-state index in [1.54, 1.807) is 6.07 Å². The van der Waals surface area contributed by atoms with E-state index >= 15 is 0 Å². The van der Waals surface area contributed by atoms with Crippen LogP contribution in [0.4, 0.5) is 5.69 Å². The van der Waals surface area contributed by atoms with Crippen molar-refractivity contribution in [2.24, 2.45) is 4.99 Å². The SMILES string of the molecule is CC1=Nc2c(cc(C(=O)O)c3sccc23)C1(C)C. The minimum absolute atomic E-state index is 0.185. The van der Waals surface area contributed by atoms with Crippen molar-refractivity contribution < 1.29 is 9.90 Å². The summed E-state index contributed by atoms with van der Waals surface area (Å²) in [5.41, 5.74) is 3.20. The zero-order valence-electron chi connectivity index (χ0n) is 10.4. The summed E-state index contributed by atoms with van der Waals surface area (Å²) >= 11 is 1.46. The number of carbonyl (C=O) groups is 1. The Kier molecular flexibility index (Phi) is 2.17. The third-order valence-corrected chi connectivity index (χ3v) is 4.74. The highest BCUT2D eigenvalue weighted by Crippen LogP contribution is 2.46. The number of aromatic carboxylic acids is 1. The maximum absolute atomic E-state index is 11.4. The predicted molar refractivity (Wildman–Crippen MR) is 74.6 cm³/mol. The number of aliphatic imine (C=N–C) groups is 1. The minimum Gasteiger partial charge on any atom is -0.478 e. The monoisotopic (exact) mass is 259 g/mol. The van der Waals surface area contributed by atoms with Gasteiger partial charge in [-0.2, -0.15) is 0 Å². The number of fused-ring (bicyclic) bond motifs is 3. The van der Waals surface area contributed by atoms with Crippen LogP contribution in [-0.4, -0.2) is 16.8 Å². The van der Waals surface area contributed by atoms with Crippen LogP contribution in [0, 0.1) is 0 Å². The van der Waals surface area contributed by atoms with Crippen molar-refractivity contribution in [3.63, 3.8) is 0 Å². The van der Waals surface area contributed by atoms with Gasteiger partial charge >= 0.3 is 5.97 Å². The van der Waals surface area contributed by atoms with E-state index in [2.05, 4.69) is 18.8 Å². The van der Waals surface area contributed by atoms with Gasteiger partial charge in [0.2, 0.25) is 0 Å². The molecule has 0 atom stereocenters. The van der Waals surface area contributed by atoms with Crippen molar-refractivity contribution in [3.8, 4) is 0 Å². The molecule has 0 spiro atoms. The van der Waals surface area contributed by atoms with Crippen molar-refractivity contribution >= 4 is 38.8 Å². The first kappa shape index (κ1) is 11.4. The van der Waals surface area contributed by atoms with Gasteiger partial charge in [-0.25, -0.2) is 4.79 Å². The van der Waals surface area contributed by atoms with Gasteiger partial charge in [-0.15, -0.1) is 11.3 Å². The first-order valence-electron chi connectivity index (χ1n) is 5.76. The van der Waals surface area contributed by atoms with Crippen molar-refractivity contribution in [1.82, 2.24) is 0 Å². The molecule has 1 aliphatic heterocycles. The number of benzene rings is 1. The number of rotatable bonds is 1. The van der Waals surface area contributed by atoms with Crippen LogP contribution in [0.25, 0.3) is 10.1 Å². The standard InChI is InChI=1S/C14H13NO2S/c1-7-14(2,3)10-6-9(13(16)17)12-8(4-5-18-12)11(10)15-7/h4-6H,1-3H3,(H,16,17). The molecule has 2 heterocycles. The highest BCUT2D eigenvalue weighted by molar-refractivity contribution is 7.17. The van der Waals surface area contributed by atoms with Crippen LogP contribution in [-0.2, 0) is 5.41 Å². The summed E-state index contributed by atoms with van der Waals surface area (Å²) in [6, 6.07) is 3.75. The predicted octanol–water partition coefficient (Wildman–Crippen LogP) is 3.98. The highest BCUT2D eigenvalue weighted by Gasteiger charge is 2.34. The third kappa shape index (κ3) is 1.29. The van der Waals surface area contributed by atoms with Crippen LogP contribution in [0.15, 0.2) is 22.5 Å². The zero-order chi connectivity index (χ0) is 13.1. The van der Waals surface area contributed by atoms with Crippen molar-refractivity contribution in [2.45, 2.75) is 26.2 Å². The lowest BCUT2D eigenvalue weighted by molar-refractivity contribution is 0.0699.